The summed E-state index contributed by atoms with van der Waals surface area (Å²) < 4.78 is 41.9. The van der Waals surface area contributed by atoms with E-state index in [4.69, 9.17) is 25.8 Å². The summed E-state index contributed by atoms with van der Waals surface area (Å²) in [7, 11) is 2.56. The third-order valence-corrected chi connectivity index (χ3v) is 9.01. The van der Waals surface area contributed by atoms with Crippen LogP contribution in [-0.4, -0.2) is 83.1 Å². The van der Waals surface area contributed by atoms with Gasteiger partial charge in [-0.15, -0.1) is 0 Å². The standard InChI is InChI=1S/C31H41ClN6O5S/c1-6-7-20-16-25(28(41-4)17-26(20)38-12-10-21(11-13-38)37(2)3)35-31-33-18-23(32)30(36-31)34-24-8-9-27-29(43-15-14-42-27)22(24)19-44(5,39)40/h8-9,16-18,21H,6-7,10-15,19H2,1-5H3,(H2,33,34,35,36). The normalized spacial score (nSPS) is 15.4. The first-order valence-corrected chi connectivity index (χ1v) is 17.3. The maximum Gasteiger partial charge on any atom is 0.229 e. The van der Waals surface area contributed by atoms with Crippen molar-refractivity contribution in [1.29, 1.82) is 0 Å². The lowest BCUT2D eigenvalue weighted by Crippen LogP contribution is -2.42. The van der Waals surface area contributed by atoms with Crippen molar-refractivity contribution in [3.05, 3.63) is 46.6 Å². The van der Waals surface area contributed by atoms with Crippen LogP contribution in [0, 0.1) is 0 Å². The Hall–Kier alpha value is -3.48. The Labute approximate surface area is 264 Å². The van der Waals surface area contributed by atoms with Crippen LogP contribution in [0.5, 0.6) is 17.2 Å². The summed E-state index contributed by atoms with van der Waals surface area (Å²) in [5.41, 5.74) is 4.12. The van der Waals surface area contributed by atoms with Gasteiger partial charge in [0, 0.05) is 48.4 Å². The lowest BCUT2D eigenvalue weighted by Gasteiger charge is -2.37. The van der Waals surface area contributed by atoms with Crippen LogP contribution < -0.4 is 29.7 Å². The lowest BCUT2D eigenvalue weighted by molar-refractivity contribution is 0.170. The number of hydrogen-bond donors (Lipinski definition) is 2. The van der Waals surface area contributed by atoms with E-state index in [1.165, 1.54) is 23.7 Å². The highest BCUT2D eigenvalue weighted by Crippen LogP contribution is 2.41. The summed E-state index contributed by atoms with van der Waals surface area (Å²) in [5.74, 6) is 1.95. The maximum atomic E-state index is 12.3. The van der Waals surface area contributed by atoms with Crippen molar-refractivity contribution in [3.8, 4) is 17.2 Å². The van der Waals surface area contributed by atoms with Gasteiger partial charge in [0.05, 0.1) is 24.7 Å². The molecule has 0 bridgehead atoms. The number of piperidine rings is 1. The second-order valence-electron chi connectivity index (χ2n) is 11.4. The summed E-state index contributed by atoms with van der Waals surface area (Å²) in [5, 5.41) is 6.79. The highest BCUT2D eigenvalue weighted by Gasteiger charge is 2.25. The predicted octanol–water partition coefficient (Wildman–Crippen LogP) is 5.42. The zero-order chi connectivity index (χ0) is 31.4. The van der Waals surface area contributed by atoms with Gasteiger partial charge in [-0.25, -0.2) is 13.4 Å². The average molecular weight is 645 g/mol. The van der Waals surface area contributed by atoms with E-state index in [0.29, 0.717) is 59.5 Å². The minimum absolute atomic E-state index is 0.244. The van der Waals surface area contributed by atoms with Crippen molar-refractivity contribution in [2.75, 3.05) is 69.3 Å². The first kappa shape index (κ1) is 31.9. The minimum atomic E-state index is -3.39. The molecular formula is C31H41ClN6O5S. The molecule has 3 aromatic rings. The summed E-state index contributed by atoms with van der Waals surface area (Å²) in [4.78, 5) is 13.8. The topological polar surface area (TPSA) is 118 Å². The number of hydrogen-bond acceptors (Lipinski definition) is 11. The molecule has 0 aliphatic carbocycles. The van der Waals surface area contributed by atoms with Crippen molar-refractivity contribution in [1.82, 2.24) is 14.9 Å². The molecule has 0 radical (unpaired) electrons. The molecule has 0 saturated carbocycles. The van der Waals surface area contributed by atoms with Gasteiger partial charge in [-0.3, -0.25) is 0 Å². The number of nitrogens with zero attached hydrogens (tertiary/aromatic N) is 4. The van der Waals surface area contributed by atoms with E-state index in [2.05, 4.69) is 63.6 Å². The molecule has 0 atom stereocenters. The van der Waals surface area contributed by atoms with E-state index in [0.717, 1.165) is 44.5 Å². The third kappa shape index (κ3) is 7.41. The van der Waals surface area contributed by atoms with Gasteiger partial charge in [0.2, 0.25) is 5.95 Å². The first-order valence-electron chi connectivity index (χ1n) is 14.8. The fourth-order valence-electron chi connectivity index (χ4n) is 5.73. The zero-order valence-corrected chi connectivity index (χ0v) is 27.5. The van der Waals surface area contributed by atoms with E-state index >= 15 is 0 Å². The number of fused-ring (bicyclic) bond motifs is 1. The number of sulfone groups is 1. The van der Waals surface area contributed by atoms with Crippen molar-refractivity contribution in [2.45, 2.75) is 44.4 Å². The molecule has 11 nitrogen and oxygen atoms in total. The van der Waals surface area contributed by atoms with Crippen LogP contribution in [0.25, 0.3) is 0 Å². The van der Waals surface area contributed by atoms with E-state index in [-0.39, 0.29) is 10.8 Å². The smallest absolute Gasteiger partial charge is 0.229 e. The summed E-state index contributed by atoms with van der Waals surface area (Å²) >= 11 is 6.52. The molecule has 238 valence electrons. The van der Waals surface area contributed by atoms with Crippen LogP contribution in [0.4, 0.5) is 28.8 Å². The van der Waals surface area contributed by atoms with Gasteiger partial charge in [-0.2, -0.15) is 4.98 Å². The van der Waals surface area contributed by atoms with Crippen LogP contribution >= 0.6 is 11.6 Å². The molecule has 2 N–H and O–H groups in total. The van der Waals surface area contributed by atoms with Gasteiger partial charge < -0.3 is 34.6 Å². The predicted molar refractivity (Wildman–Crippen MR) is 175 cm³/mol. The number of methoxy groups -OCH3 is 1. The second kappa shape index (κ2) is 13.7. The van der Waals surface area contributed by atoms with Gasteiger partial charge >= 0.3 is 0 Å². The Morgan fingerprint density at radius 3 is 2.55 bits per heavy atom. The summed E-state index contributed by atoms with van der Waals surface area (Å²) in [6, 6.07) is 8.29. The van der Waals surface area contributed by atoms with E-state index < -0.39 is 9.84 Å². The summed E-state index contributed by atoms with van der Waals surface area (Å²) in [6.45, 7) is 4.88. The highest BCUT2D eigenvalue weighted by atomic mass is 35.5. The third-order valence-electron chi connectivity index (χ3n) is 7.92. The van der Waals surface area contributed by atoms with Crippen molar-refractivity contribution < 1.29 is 22.6 Å². The van der Waals surface area contributed by atoms with Crippen LogP contribution in [0.3, 0.4) is 0 Å². The van der Waals surface area contributed by atoms with E-state index in [1.54, 1.807) is 19.2 Å². The Bertz CT molecular complexity index is 1590. The molecule has 1 saturated heterocycles. The molecule has 0 amide bonds. The number of benzene rings is 2. The van der Waals surface area contributed by atoms with E-state index in [9.17, 15) is 8.42 Å². The summed E-state index contributed by atoms with van der Waals surface area (Å²) in [6.07, 6.45) is 6.83. The fraction of sp³-hybridized carbons (Fsp3) is 0.484. The fourth-order valence-corrected chi connectivity index (χ4v) is 6.68. The number of nitrogens with one attached hydrogen (secondary N) is 2. The van der Waals surface area contributed by atoms with Crippen molar-refractivity contribution >= 4 is 50.3 Å². The number of ether oxygens (including phenoxy) is 3. The van der Waals surface area contributed by atoms with Gasteiger partial charge in [-0.1, -0.05) is 24.9 Å². The molecule has 0 spiro atoms. The molecule has 13 heteroatoms. The minimum Gasteiger partial charge on any atom is -0.494 e. The SMILES string of the molecule is CCCc1cc(Nc2ncc(Cl)c(Nc3ccc4c(c3CS(C)(=O)=O)OCCO4)n2)c(OC)cc1N1CCC(N(C)C)CC1. The molecule has 2 aromatic carbocycles. The highest BCUT2D eigenvalue weighted by molar-refractivity contribution is 7.89. The first-order chi connectivity index (χ1) is 21.1. The number of aryl methyl sites for hydroxylation is 1. The zero-order valence-electron chi connectivity index (χ0n) is 25.9. The van der Waals surface area contributed by atoms with Gasteiger partial charge in [0.25, 0.3) is 0 Å². The van der Waals surface area contributed by atoms with E-state index in [1.807, 2.05) is 0 Å². The molecule has 3 heterocycles. The Morgan fingerprint density at radius 1 is 1.11 bits per heavy atom. The van der Waals surface area contributed by atoms with Crippen LogP contribution in [0.15, 0.2) is 30.5 Å². The Kier molecular flexibility index (Phi) is 9.91. The molecule has 2 aliphatic heterocycles. The lowest BCUT2D eigenvalue weighted by atomic mass is 10.00. The van der Waals surface area contributed by atoms with Crippen molar-refractivity contribution in [2.24, 2.45) is 0 Å². The molecular weight excluding hydrogens is 604 g/mol. The largest absolute Gasteiger partial charge is 0.494 e. The Balaban J connectivity index is 1.43. The average Bonchev–Trinajstić information content (AvgIpc) is 2.99. The van der Waals surface area contributed by atoms with Crippen LogP contribution in [0.1, 0.15) is 37.3 Å². The molecule has 5 rings (SSSR count). The van der Waals surface area contributed by atoms with Crippen LogP contribution in [0.2, 0.25) is 5.02 Å². The number of anilines is 5. The number of halogens is 1. The van der Waals surface area contributed by atoms with Crippen LogP contribution in [-0.2, 0) is 22.0 Å². The second-order valence-corrected chi connectivity index (χ2v) is 14.0. The maximum absolute atomic E-state index is 12.3. The number of aromatic nitrogens is 2. The molecule has 1 fully saturated rings. The van der Waals surface area contributed by atoms with Crippen molar-refractivity contribution in [3.63, 3.8) is 0 Å². The number of rotatable bonds is 11. The van der Waals surface area contributed by atoms with Gasteiger partial charge in [0.15, 0.2) is 27.2 Å². The quantitative estimate of drug-likeness (QED) is 0.278. The monoisotopic (exact) mass is 644 g/mol. The van der Waals surface area contributed by atoms with Gasteiger partial charge in [-0.05, 0) is 57.1 Å². The van der Waals surface area contributed by atoms with Gasteiger partial charge in [0.1, 0.15) is 24.0 Å². The molecule has 44 heavy (non-hydrogen) atoms. The molecule has 0 unspecified atom stereocenters. The molecule has 2 aliphatic rings. The molecule has 1 aromatic heterocycles. The Morgan fingerprint density at radius 2 is 1.86 bits per heavy atom.